The average Bonchev–Trinajstić information content (AvgIpc) is 3.20. The normalized spacial score (nSPS) is 24.9. The second kappa shape index (κ2) is 8.29. The fourth-order valence-corrected chi connectivity index (χ4v) is 4.68. The maximum Gasteiger partial charge on any atom is 0.326 e. The van der Waals surface area contributed by atoms with Crippen molar-refractivity contribution in [3.63, 3.8) is 0 Å². The molecule has 29 heavy (non-hydrogen) atoms. The summed E-state index contributed by atoms with van der Waals surface area (Å²) in [6.07, 6.45) is 3.19. The van der Waals surface area contributed by atoms with Gasteiger partial charge in [0, 0.05) is 11.1 Å². The van der Waals surface area contributed by atoms with Crippen molar-refractivity contribution in [1.82, 2.24) is 15.2 Å². The quantitative estimate of drug-likeness (QED) is 0.549. The Kier molecular flexibility index (Phi) is 5.98. The van der Waals surface area contributed by atoms with Crippen LogP contribution in [-0.2, 0) is 19.1 Å². The van der Waals surface area contributed by atoms with Crippen molar-refractivity contribution in [2.45, 2.75) is 51.0 Å². The smallest absolute Gasteiger partial charge is 0.326 e. The summed E-state index contributed by atoms with van der Waals surface area (Å²) in [5.74, 6) is -3.05. The molecule has 1 aliphatic carbocycles. The van der Waals surface area contributed by atoms with Crippen LogP contribution in [0.4, 0.5) is 4.79 Å². The topological polar surface area (TPSA) is 129 Å². The number of thiazole rings is 1. The minimum absolute atomic E-state index is 0.0200. The molecule has 10 heteroatoms. The number of rotatable bonds is 6. The Balaban J connectivity index is 1.58. The zero-order valence-electron chi connectivity index (χ0n) is 16.3. The number of carbonyl (C=O) groups excluding carboxylic acids is 4. The molecule has 0 unspecified atom stereocenters. The lowest BCUT2D eigenvalue weighted by Gasteiger charge is -2.36. The Labute approximate surface area is 172 Å². The number of imide groups is 1. The third kappa shape index (κ3) is 4.00. The van der Waals surface area contributed by atoms with Crippen molar-refractivity contribution < 1.29 is 23.9 Å². The van der Waals surface area contributed by atoms with E-state index in [1.54, 1.807) is 12.3 Å². The first kappa shape index (κ1) is 20.9. The number of urea groups is 1. The molecule has 1 aromatic rings. The molecule has 2 fully saturated rings. The Morgan fingerprint density at radius 3 is 2.86 bits per heavy atom. The van der Waals surface area contributed by atoms with Crippen LogP contribution in [0.5, 0.6) is 0 Å². The van der Waals surface area contributed by atoms with E-state index in [1.165, 1.54) is 11.3 Å². The van der Waals surface area contributed by atoms with Gasteiger partial charge in [-0.2, -0.15) is 5.26 Å². The number of nitriles is 1. The van der Waals surface area contributed by atoms with Gasteiger partial charge in [-0.05, 0) is 25.7 Å². The number of Topliss-reactive ketones (excluding diaryl/α,β-unsaturated/α-hetero) is 1. The summed E-state index contributed by atoms with van der Waals surface area (Å²) in [5.41, 5.74) is -0.264. The number of ketones is 1. The first-order chi connectivity index (χ1) is 13.8. The predicted octanol–water partition coefficient (Wildman–Crippen LogP) is 1.67. The first-order valence-corrected chi connectivity index (χ1v) is 10.3. The highest BCUT2D eigenvalue weighted by Gasteiger charge is 2.55. The van der Waals surface area contributed by atoms with Crippen LogP contribution in [0.3, 0.4) is 0 Å². The molecular weight excluding hydrogens is 396 g/mol. The van der Waals surface area contributed by atoms with Crippen LogP contribution in [0.25, 0.3) is 0 Å². The zero-order valence-corrected chi connectivity index (χ0v) is 17.1. The third-order valence-corrected chi connectivity index (χ3v) is 6.53. The van der Waals surface area contributed by atoms with Gasteiger partial charge in [0.05, 0.1) is 6.07 Å². The van der Waals surface area contributed by atoms with Crippen LogP contribution in [-0.4, -0.2) is 52.3 Å². The van der Waals surface area contributed by atoms with Gasteiger partial charge in [0.15, 0.2) is 18.3 Å². The Bertz CT molecular complexity index is 891. The lowest BCUT2D eigenvalue weighted by molar-refractivity contribution is -0.151. The Morgan fingerprint density at radius 1 is 1.48 bits per heavy atom. The van der Waals surface area contributed by atoms with Crippen LogP contribution in [0.1, 0.15) is 49.2 Å². The van der Waals surface area contributed by atoms with Crippen LogP contribution in [0.2, 0.25) is 0 Å². The first-order valence-electron chi connectivity index (χ1n) is 9.42. The van der Waals surface area contributed by atoms with E-state index in [0.29, 0.717) is 17.1 Å². The van der Waals surface area contributed by atoms with E-state index >= 15 is 0 Å². The van der Waals surface area contributed by atoms with E-state index < -0.39 is 48.3 Å². The van der Waals surface area contributed by atoms with Gasteiger partial charge in [-0.25, -0.2) is 9.78 Å². The van der Waals surface area contributed by atoms with Crippen LogP contribution in [0.15, 0.2) is 5.38 Å². The van der Waals surface area contributed by atoms with Crippen molar-refractivity contribution in [2.24, 2.45) is 5.92 Å². The monoisotopic (exact) mass is 418 g/mol. The van der Waals surface area contributed by atoms with Gasteiger partial charge < -0.3 is 10.1 Å². The number of hydrogen-bond acceptors (Lipinski definition) is 8. The predicted molar refractivity (Wildman–Crippen MR) is 102 cm³/mol. The second-order valence-corrected chi connectivity index (χ2v) is 8.35. The van der Waals surface area contributed by atoms with Gasteiger partial charge >= 0.3 is 12.0 Å². The SMILES string of the molecule is Cc1csc([C@@H](C#N)C(=O)COC(=O)CN2C(=O)N[C@@]3(CCCC[C@@H]3C)C2=O)n1. The fourth-order valence-electron chi connectivity index (χ4n) is 3.82. The molecule has 1 aromatic heterocycles. The summed E-state index contributed by atoms with van der Waals surface area (Å²) in [6, 6.07) is 1.24. The molecular formula is C19H22N4O5S. The molecule has 0 bridgehead atoms. The lowest BCUT2D eigenvalue weighted by Crippen LogP contribution is -2.54. The molecule has 1 saturated carbocycles. The van der Waals surface area contributed by atoms with Crippen LogP contribution >= 0.6 is 11.3 Å². The fraction of sp³-hybridized carbons (Fsp3) is 0.579. The van der Waals surface area contributed by atoms with E-state index in [4.69, 9.17) is 4.74 Å². The Hall–Kier alpha value is -2.80. The summed E-state index contributed by atoms with van der Waals surface area (Å²) in [6.45, 7) is 2.47. The van der Waals surface area contributed by atoms with E-state index in [0.717, 1.165) is 24.2 Å². The summed E-state index contributed by atoms with van der Waals surface area (Å²) in [5, 5.41) is 14.1. The van der Waals surface area contributed by atoms with Crippen LogP contribution in [0, 0.1) is 24.2 Å². The van der Waals surface area contributed by atoms with E-state index in [2.05, 4.69) is 10.3 Å². The van der Waals surface area contributed by atoms with Gasteiger partial charge in [0.1, 0.15) is 17.1 Å². The van der Waals surface area contributed by atoms with Crippen LogP contribution < -0.4 is 5.32 Å². The van der Waals surface area contributed by atoms with Crippen molar-refractivity contribution in [3.05, 3.63) is 16.1 Å². The summed E-state index contributed by atoms with van der Waals surface area (Å²) in [4.78, 5) is 54.5. The standard InChI is InChI=1S/C19H22N4O5S/c1-11-5-3-4-6-19(11)17(26)23(18(27)22-19)8-15(25)28-9-14(24)13(7-20)16-21-12(2)10-29-16/h10-11,13H,3-6,8-9H2,1-2H3,(H,22,27)/t11-,13-,19+/m0/s1. The number of aryl methyl sites for hydroxylation is 1. The zero-order chi connectivity index (χ0) is 21.2. The molecule has 1 spiro atoms. The van der Waals surface area contributed by atoms with E-state index in [9.17, 15) is 24.4 Å². The summed E-state index contributed by atoms with van der Waals surface area (Å²) < 4.78 is 4.94. The molecule has 0 radical (unpaired) electrons. The van der Waals surface area contributed by atoms with Gasteiger partial charge in [0.2, 0.25) is 0 Å². The van der Waals surface area contributed by atoms with Crippen molar-refractivity contribution in [1.29, 1.82) is 5.26 Å². The molecule has 1 aliphatic heterocycles. The number of amides is 3. The van der Waals surface area contributed by atoms with Gasteiger partial charge in [-0.15, -0.1) is 11.3 Å². The maximum atomic E-state index is 12.8. The van der Waals surface area contributed by atoms with Crippen molar-refractivity contribution in [2.75, 3.05) is 13.2 Å². The molecule has 2 heterocycles. The second-order valence-electron chi connectivity index (χ2n) is 7.46. The van der Waals surface area contributed by atoms with Crippen molar-refractivity contribution in [3.8, 4) is 6.07 Å². The molecule has 1 N–H and O–H groups in total. The maximum absolute atomic E-state index is 12.8. The number of nitrogens with zero attached hydrogens (tertiary/aromatic N) is 3. The number of ether oxygens (including phenoxy) is 1. The van der Waals surface area contributed by atoms with Gasteiger partial charge in [-0.1, -0.05) is 19.8 Å². The summed E-state index contributed by atoms with van der Waals surface area (Å²) in [7, 11) is 0. The molecule has 3 atom stereocenters. The highest BCUT2D eigenvalue weighted by molar-refractivity contribution is 7.09. The summed E-state index contributed by atoms with van der Waals surface area (Å²) >= 11 is 1.18. The minimum atomic E-state index is -1.12. The van der Waals surface area contributed by atoms with Gasteiger partial charge in [0.25, 0.3) is 5.91 Å². The molecule has 3 rings (SSSR count). The average molecular weight is 418 g/mol. The highest BCUT2D eigenvalue weighted by atomic mass is 32.1. The van der Waals surface area contributed by atoms with Crippen molar-refractivity contribution >= 4 is 35.0 Å². The molecule has 2 aliphatic rings. The number of esters is 1. The molecule has 1 saturated heterocycles. The van der Waals surface area contributed by atoms with E-state index in [-0.39, 0.29) is 5.92 Å². The number of carbonyl (C=O) groups is 4. The number of nitrogens with one attached hydrogen (secondary N) is 1. The highest BCUT2D eigenvalue weighted by Crippen LogP contribution is 2.38. The lowest BCUT2D eigenvalue weighted by atomic mass is 9.73. The molecule has 154 valence electrons. The molecule has 0 aromatic carbocycles. The third-order valence-electron chi connectivity index (χ3n) is 5.50. The van der Waals surface area contributed by atoms with Gasteiger partial charge in [-0.3, -0.25) is 19.3 Å². The largest absolute Gasteiger partial charge is 0.456 e. The Morgan fingerprint density at radius 2 is 2.24 bits per heavy atom. The number of hydrogen-bond donors (Lipinski definition) is 1. The number of aromatic nitrogens is 1. The minimum Gasteiger partial charge on any atom is -0.456 e. The molecule has 9 nitrogen and oxygen atoms in total. The van der Waals surface area contributed by atoms with E-state index in [1.807, 2.05) is 13.0 Å². The molecule has 3 amide bonds.